The van der Waals surface area contributed by atoms with Gasteiger partial charge in [0.05, 0.1) is 39.9 Å². The van der Waals surface area contributed by atoms with Crippen LogP contribution in [0.25, 0.3) is 0 Å². The van der Waals surface area contributed by atoms with Crippen LogP contribution in [-0.2, 0) is 18.4 Å². The molecule has 0 saturated carbocycles. The molecule has 9 heteroatoms. The first kappa shape index (κ1) is 59.0. The van der Waals surface area contributed by atoms with Gasteiger partial charge in [-0.2, -0.15) is 0 Å². The Morgan fingerprint density at radius 3 is 1.32 bits per heavy atom. The predicted octanol–water partition coefficient (Wildman–Crippen LogP) is 14.2. The average Bonchev–Trinajstić information content (AvgIpc) is 3.20. The van der Waals surface area contributed by atoms with Gasteiger partial charge in [-0.1, -0.05) is 237 Å². The molecule has 0 aliphatic carbocycles. The lowest BCUT2D eigenvalue weighted by Gasteiger charge is -2.29. The number of phosphoric acid groups is 1. The highest BCUT2D eigenvalue weighted by Crippen LogP contribution is 2.38. The van der Waals surface area contributed by atoms with Crippen molar-refractivity contribution in [3.63, 3.8) is 0 Å². The Morgan fingerprint density at radius 2 is 0.933 bits per heavy atom. The monoisotopic (exact) mass is 869 g/mol. The zero-order valence-corrected chi connectivity index (χ0v) is 41.3. The van der Waals surface area contributed by atoms with E-state index in [2.05, 4.69) is 31.3 Å². The van der Waals surface area contributed by atoms with Crippen LogP contribution >= 0.6 is 7.82 Å². The Labute approximate surface area is 373 Å². The lowest BCUT2D eigenvalue weighted by molar-refractivity contribution is -0.870. The van der Waals surface area contributed by atoms with Gasteiger partial charge in [-0.25, -0.2) is 0 Å². The first-order valence-corrected chi connectivity index (χ1v) is 27.2. The van der Waals surface area contributed by atoms with E-state index in [1.54, 1.807) is 6.08 Å². The van der Waals surface area contributed by atoms with Gasteiger partial charge in [0.25, 0.3) is 7.82 Å². The highest BCUT2D eigenvalue weighted by atomic mass is 31.2. The van der Waals surface area contributed by atoms with Crippen LogP contribution in [0.15, 0.2) is 24.3 Å². The summed E-state index contributed by atoms with van der Waals surface area (Å²) in [6.07, 6.45) is 53.0. The van der Waals surface area contributed by atoms with E-state index < -0.39 is 26.6 Å². The number of aliphatic hydroxyl groups is 1. The molecule has 0 spiro atoms. The fourth-order valence-electron chi connectivity index (χ4n) is 7.59. The van der Waals surface area contributed by atoms with Crippen molar-refractivity contribution in [3.8, 4) is 0 Å². The molecule has 0 aromatic heterocycles. The molecule has 2 N–H and O–H groups in total. The average molecular weight is 869 g/mol. The highest BCUT2D eigenvalue weighted by molar-refractivity contribution is 7.45. The first-order chi connectivity index (χ1) is 29.0. The number of nitrogens with zero attached hydrogens (tertiary/aromatic N) is 1. The van der Waals surface area contributed by atoms with Crippen molar-refractivity contribution < 1.29 is 32.9 Å². The van der Waals surface area contributed by atoms with Gasteiger partial charge < -0.3 is 28.8 Å². The van der Waals surface area contributed by atoms with Gasteiger partial charge in [0.15, 0.2) is 0 Å². The Kier molecular flexibility index (Phi) is 42.5. The Hall–Kier alpha value is -1.02. The number of carbonyl (C=O) groups is 1. The minimum Gasteiger partial charge on any atom is -0.756 e. The topological polar surface area (TPSA) is 108 Å². The Bertz CT molecular complexity index is 1030. The molecule has 0 heterocycles. The second-order valence-electron chi connectivity index (χ2n) is 18.9. The molecule has 0 bridgehead atoms. The number of nitrogens with one attached hydrogen (secondary N) is 1. The second kappa shape index (κ2) is 43.2. The number of phosphoric ester groups is 1. The number of hydrogen-bond donors (Lipinski definition) is 2. The SMILES string of the molecule is CCC/C=C/CC/C=C/C(O)C(COP(=O)([O-])OCC[N+](C)(C)C)NC(=O)CCCCCCCCCCCCCCCCCCCCCCCCCCCCCCCCC. The molecule has 356 valence electrons. The zero-order valence-electron chi connectivity index (χ0n) is 40.4. The lowest BCUT2D eigenvalue weighted by atomic mass is 10.0. The molecule has 0 aromatic rings. The summed E-state index contributed by atoms with van der Waals surface area (Å²) >= 11 is 0. The van der Waals surface area contributed by atoms with E-state index >= 15 is 0 Å². The lowest BCUT2D eigenvalue weighted by Crippen LogP contribution is -2.45. The van der Waals surface area contributed by atoms with Crippen molar-refractivity contribution in [2.45, 2.75) is 257 Å². The maximum Gasteiger partial charge on any atom is 0.268 e. The van der Waals surface area contributed by atoms with Gasteiger partial charge in [-0.15, -0.1) is 0 Å². The molecule has 0 radical (unpaired) electrons. The third-order valence-corrected chi connectivity index (χ3v) is 12.6. The largest absolute Gasteiger partial charge is 0.756 e. The summed E-state index contributed by atoms with van der Waals surface area (Å²) in [5, 5.41) is 13.6. The van der Waals surface area contributed by atoms with E-state index in [0.29, 0.717) is 17.4 Å². The summed E-state index contributed by atoms with van der Waals surface area (Å²) in [6.45, 7) is 4.53. The predicted molar refractivity (Wildman–Crippen MR) is 256 cm³/mol. The zero-order chi connectivity index (χ0) is 44.3. The number of quaternary nitrogens is 1. The molecule has 3 atom stereocenters. The van der Waals surface area contributed by atoms with Crippen molar-refractivity contribution in [1.82, 2.24) is 5.32 Å². The minimum atomic E-state index is -4.58. The van der Waals surface area contributed by atoms with Gasteiger partial charge >= 0.3 is 0 Å². The number of rotatable bonds is 47. The third-order valence-electron chi connectivity index (χ3n) is 11.6. The molecular formula is C51H101N2O6P. The van der Waals surface area contributed by atoms with E-state index in [1.807, 2.05) is 27.2 Å². The van der Waals surface area contributed by atoms with Crippen LogP contribution in [0.1, 0.15) is 245 Å². The number of allylic oxidation sites excluding steroid dienone is 3. The minimum absolute atomic E-state index is 0.00495. The van der Waals surface area contributed by atoms with Gasteiger partial charge in [-0.05, 0) is 25.7 Å². The van der Waals surface area contributed by atoms with E-state index in [0.717, 1.165) is 44.9 Å². The summed E-state index contributed by atoms with van der Waals surface area (Å²) in [5.41, 5.74) is 0. The smallest absolute Gasteiger partial charge is 0.268 e. The summed E-state index contributed by atoms with van der Waals surface area (Å²) in [5.74, 6) is -0.208. The summed E-state index contributed by atoms with van der Waals surface area (Å²) in [6, 6.07) is -0.896. The number of likely N-dealkylation sites (N-methyl/N-ethyl adjacent to an activating group) is 1. The molecular weight excluding hydrogens is 768 g/mol. The summed E-state index contributed by atoms with van der Waals surface area (Å²) in [4.78, 5) is 25.2. The van der Waals surface area contributed by atoms with Gasteiger partial charge in [-0.3, -0.25) is 9.36 Å². The molecule has 3 unspecified atom stereocenters. The molecule has 0 aliphatic rings. The Morgan fingerprint density at radius 1 is 0.567 bits per heavy atom. The van der Waals surface area contributed by atoms with Gasteiger partial charge in [0.2, 0.25) is 5.91 Å². The van der Waals surface area contributed by atoms with Crippen LogP contribution in [0, 0.1) is 0 Å². The normalized spacial score (nSPS) is 14.3. The van der Waals surface area contributed by atoms with Crippen LogP contribution in [0.5, 0.6) is 0 Å². The van der Waals surface area contributed by atoms with Crippen LogP contribution in [0.4, 0.5) is 0 Å². The molecule has 1 amide bonds. The number of aliphatic hydroxyl groups excluding tert-OH is 1. The van der Waals surface area contributed by atoms with Crippen LogP contribution in [-0.4, -0.2) is 68.5 Å². The van der Waals surface area contributed by atoms with Crippen LogP contribution in [0.2, 0.25) is 0 Å². The highest BCUT2D eigenvalue weighted by Gasteiger charge is 2.23. The standard InChI is InChI=1S/C51H101N2O6P/c1-6-8-10-12-14-15-16-17-18-19-20-21-22-23-24-25-26-27-28-29-30-31-32-33-34-35-36-37-39-41-43-45-51(55)52-49(50(54)44-42-40-38-13-11-9-7-2)48-59-60(56,57)58-47-46-53(3,4)5/h11,13,42,44,49-50,54H,6-10,12,14-41,43,45-48H2,1-5H3,(H-,52,55,56,57)/b13-11+,44-42+. The van der Waals surface area contributed by atoms with E-state index in [9.17, 15) is 19.4 Å². The number of hydrogen-bond acceptors (Lipinski definition) is 6. The fraction of sp³-hybridized carbons (Fsp3) is 0.902. The second-order valence-corrected chi connectivity index (χ2v) is 20.3. The number of unbranched alkanes of at least 4 members (excludes halogenated alkanes) is 32. The van der Waals surface area contributed by atoms with E-state index in [-0.39, 0.29) is 12.5 Å². The molecule has 0 saturated heterocycles. The summed E-state index contributed by atoms with van der Waals surface area (Å²) < 4.78 is 23.1. The number of carbonyl (C=O) groups excluding carboxylic acids is 1. The maximum atomic E-state index is 12.8. The van der Waals surface area contributed by atoms with Crippen molar-refractivity contribution >= 4 is 13.7 Å². The molecule has 0 aliphatic heterocycles. The number of amides is 1. The molecule has 8 nitrogen and oxygen atoms in total. The quantitative estimate of drug-likeness (QED) is 0.0273. The van der Waals surface area contributed by atoms with E-state index in [4.69, 9.17) is 9.05 Å². The van der Waals surface area contributed by atoms with Crippen LogP contribution < -0.4 is 10.2 Å². The molecule has 0 fully saturated rings. The van der Waals surface area contributed by atoms with Crippen molar-refractivity contribution in [2.24, 2.45) is 0 Å². The molecule has 0 rings (SSSR count). The van der Waals surface area contributed by atoms with Crippen molar-refractivity contribution in [1.29, 1.82) is 0 Å². The fourth-order valence-corrected chi connectivity index (χ4v) is 8.31. The maximum absolute atomic E-state index is 12.8. The van der Waals surface area contributed by atoms with Crippen LogP contribution in [0.3, 0.4) is 0 Å². The van der Waals surface area contributed by atoms with E-state index in [1.165, 1.54) is 180 Å². The summed E-state index contributed by atoms with van der Waals surface area (Å²) in [7, 11) is 1.25. The first-order valence-electron chi connectivity index (χ1n) is 25.7. The van der Waals surface area contributed by atoms with Crippen molar-refractivity contribution in [2.75, 3.05) is 40.9 Å². The van der Waals surface area contributed by atoms with Crippen molar-refractivity contribution in [3.05, 3.63) is 24.3 Å². The Balaban J connectivity index is 3.86. The van der Waals surface area contributed by atoms with Gasteiger partial charge in [0.1, 0.15) is 13.2 Å². The third kappa shape index (κ3) is 45.0. The van der Waals surface area contributed by atoms with Gasteiger partial charge in [0, 0.05) is 6.42 Å². The molecule has 60 heavy (non-hydrogen) atoms. The molecule has 0 aromatic carbocycles.